The fourth-order valence-corrected chi connectivity index (χ4v) is 2.15. The number of carbonyl (C=O) groups is 1. The minimum atomic E-state index is 0.305. The summed E-state index contributed by atoms with van der Waals surface area (Å²) < 4.78 is 2.01. The first-order valence-corrected chi connectivity index (χ1v) is 7.16. The van der Waals surface area contributed by atoms with Crippen LogP contribution in [0.25, 0.3) is 0 Å². The van der Waals surface area contributed by atoms with Gasteiger partial charge in [-0.2, -0.15) is 5.10 Å². The zero-order valence-electron chi connectivity index (χ0n) is 12.1. The normalized spacial score (nSPS) is 12.9. The average molecular weight is 250 g/mol. The lowest BCUT2D eigenvalue weighted by Crippen LogP contribution is -2.11. The molecule has 1 rings (SSSR count). The Balaban J connectivity index is 2.56. The quantitative estimate of drug-likeness (QED) is 0.703. The first-order valence-electron chi connectivity index (χ1n) is 7.16. The zero-order chi connectivity index (χ0) is 13.5. The van der Waals surface area contributed by atoms with Crippen LogP contribution in [0.3, 0.4) is 0 Å². The van der Waals surface area contributed by atoms with Crippen LogP contribution in [0.15, 0.2) is 12.3 Å². The molecule has 1 atom stereocenters. The fourth-order valence-electron chi connectivity index (χ4n) is 2.15. The van der Waals surface area contributed by atoms with Crippen LogP contribution < -0.4 is 0 Å². The van der Waals surface area contributed by atoms with E-state index in [1.807, 2.05) is 16.9 Å². The molecule has 102 valence electrons. The Morgan fingerprint density at radius 2 is 1.94 bits per heavy atom. The summed E-state index contributed by atoms with van der Waals surface area (Å²) in [5.74, 6) is 0.790. The molecule has 3 heteroatoms. The van der Waals surface area contributed by atoms with E-state index < -0.39 is 0 Å². The van der Waals surface area contributed by atoms with Gasteiger partial charge in [-0.1, -0.05) is 34.1 Å². The topological polar surface area (TPSA) is 34.9 Å². The maximum absolute atomic E-state index is 11.9. The maximum atomic E-state index is 11.9. The van der Waals surface area contributed by atoms with Gasteiger partial charge in [0.25, 0.3) is 0 Å². The van der Waals surface area contributed by atoms with E-state index in [-0.39, 0.29) is 0 Å². The number of carbonyl (C=O) groups excluding carboxylic acids is 1. The Kier molecular flexibility index (Phi) is 6.10. The van der Waals surface area contributed by atoms with Crippen molar-refractivity contribution in [1.29, 1.82) is 0 Å². The maximum Gasteiger partial charge on any atom is 0.139 e. The molecule has 0 fully saturated rings. The molecule has 0 saturated heterocycles. The van der Waals surface area contributed by atoms with Gasteiger partial charge in [-0.15, -0.1) is 0 Å². The highest BCUT2D eigenvalue weighted by Crippen LogP contribution is 2.15. The molecular weight excluding hydrogens is 224 g/mol. The summed E-state index contributed by atoms with van der Waals surface area (Å²) in [6.45, 7) is 8.59. The van der Waals surface area contributed by atoms with Crippen molar-refractivity contribution in [3.8, 4) is 0 Å². The largest absolute Gasteiger partial charge is 0.299 e. The molecular formula is C15H26N2O. The van der Waals surface area contributed by atoms with E-state index in [2.05, 4.69) is 32.8 Å². The number of hydrogen-bond acceptors (Lipinski definition) is 2. The van der Waals surface area contributed by atoms with Crippen molar-refractivity contribution in [2.75, 3.05) is 0 Å². The first kappa shape index (κ1) is 14.9. The van der Waals surface area contributed by atoms with Crippen LogP contribution in [-0.4, -0.2) is 15.6 Å². The van der Waals surface area contributed by atoms with Gasteiger partial charge in [-0.25, -0.2) is 0 Å². The predicted molar refractivity (Wildman–Crippen MR) is 74.6 cm³/mol. The molecule has 0 aromatic carbocycles. The van der Waals surface area contributed by atoms with Gasteiger partial charge in [0.15, 0.2) is 0 Å². The predicted octanol–water partition coefficient (Wildman–Crippen LogP) is 3.79. The van der Waals surface area contributed by atoms with Crippen LogP contribution in [0.5, 0.6) is 0 Å². The first-order chi connectivity index (χ1) is 8.60. The molecule has 0 aliphatic heterocycles. The molecule has 1 heterocycles. The van der Waals surface area contributed by atoms with Gasteiger partial charge >= 0.3 is 0 Å². The number of rotatable bonds is 8. The molecule has 0 N–H and O–H groups in total. The van der Waals surface area contributed by atoms with Crippen LogP contribution in [0, 0.1) is 5.92 Å². The number of Topliss-reactive ketones (excluding diaryl/α,β-unsaturated/α-hetero) is 1. The van der Waals surface area contributed by atoms with E-state index in [0.29, 0.717) is 30.6 Å². The second-order valence-corrected chi connectivity index (χ2v) is 5.19. The molecule has 18 heavy (non-hydrogen) atoms. The molecule has 0 aliphatic rings. The molecule has 1 aromatic heterocycles. The second-order valence-electron chi connectivity index (χ2n) is 5.19. The van der Waals surface area contributed by atoms with Crippen molar-refractivity contribution in [1.82, 2.24) is 9.78 Å². The Hall–Kier alpha value is -1.12. The van der Waals surface area contributed by atoms with Crippen LogP contribution in [0.2, 0.25) is 0 Å². The van der Waals surface area contributed by atoms with Crippen LogP contribution in [0.1, 0.15) is 65.1 Å². The van der Waals surface area contributed by atoms with Crippen LogP contribution in [-0.2, 0) is 11.2 Å². The number of aromatic nitrogens is 2. The second kappa shape index (κ2) is 7.34. The number of hydrogen-bond donors (Lipinski definition) is 0. The summed E-state index contributed by atoms with van der Waals surface area (Å²) in [6, 6.07) is 2.44. The summed E-state index contributed by atoms with van der Waals surface area (Å²) in [4.78, 5) is 11.9. The van der Waals surface area contributed by atoms with Crippen molar-refractivity contribution < 1.29 is 4.79 Å². The van der Waals surface area contributed by atoms with Gasteiger partial charge in [-0.05, 0) is 24.8 Å². The Morgan fingerprint density at radius 3 is 2.50 bits per heavy atom. The Morgan fingerprint density at radius 1 is 1.28 bits per heavy atom. The van der Waals surface area contributed by atoms with Crippen molar-refractivity contribution in [2.24, 2.45) is 5.92 Å². The summed E-state index contributed by atoms with van der Waals surface area (Å²) in [7, 11) is 0. The van der Waals surface area contributed by atoms with E-state index >= 15 is 0 Å². The van der Waals surface area contributed by atoms with E-state index in [1.165, 1.54) is 0 Å². The van der Waals surface area contributed by atoms with Gasteiger partial charge in [0.05, 0.1) is 18.2 Å². The third-order valence-corrected chi connectivity index (χ3v) is 3.63. The zero-order valence-corrected chi connectivity index (χ0v) is 12.1. The number of nitrogens with zero attached hydrogens (tertiary/aromatic N) is 2. The third-order valence-electron chi connectivity index (χ3n) is 3.63. The fraction of sp³-hybridized carbons (Fsp3) is 0.733. The summed E-state index contributed by atoms with van der Waals surface area (Å²) in [5.41, 5.74) is 0.912. The van der Waals surface area contributed by atoms with Crippen molar-refractivity contribution >= 4 is 5.78 Å². The molecule has 0 aliphatic carbocycles. The highest BCUT2D eigenvalue weighted by Gasteiger charge is 2.12. The molecule has 0 saturated carbocycles. The minimum absolute atomic E-state index is 0.305. The smallest absolute Gasteiger partial charge is 0.139 e. The van der Waals surface area contributed by atoms with Crippen LogP contribution in [0.4, 0.5) is 0 Å². The summed E-state index contributed by atoms with van der Waals surface area (Å²) >= 11 is 0. The van der Waals surface area contributed by atoms with E-state index in [9.17, 15) is 4.79 Å². The lowest BCUT2D eigenvalue weighted by Gasteiger charge is -2.12. The SMILES string of the molecule is CCC(C)CC(=O)Cc1ccn(C(CC)CC)n1. The molecule has 1 unspecified atom stereocenters. The van der Waals surface area contributed by atoms with Gasteiger partial charge in [0, 0.05) is 12.6 Å². The van der Waals surface area contributed by atoms with E-state index in [1.54, 1.807) is 0 Å². The van der Waals surface area contributed by atoms with Gasteiger partial charge in [-0.3, -0.25) is 9.48 Å². The van der Waals surface area contributed by atoms with E-state index in [0.717, 1.165) is 25.0 Å². The lowest BCUT2D eigenvalue weighted by molar-refractivity contribution is -0.119. The molecule has 0 amide bonds. The van der Waals surface area contributed by atoms with E-state index in [4.69, 9.17) is 0 Å². The van der Waals surface area contributed by atoms with Crippen molar-refractivity contribution in [3.05, 3.63) is 18.0 Å². The molecule has 0 spiro atoms. The molecule has 0 radical (unpaired) electrons. The minimum Gasteiger partial charge on any atom is -0.299 e. The Labute approximate surface area is 111 Å². The van der Waals surface area contributed by atoms with Gasteiger partial charge < -0.3 is 0 Å². The van der Waals surface area contributed by atoms with Gasteiger partial charge in [0.1, 0.15) is 5.78 Å². The monoisotopic (exact) mass is 250 g/mol. The molecule has 0 bridgehead atoms. The standard InChI is InChI=1S/C15H26N2O/c1-5-12(4)10-15(18)11-13-8-9-17(16-13)14(6-2)7-3/h8-9,12,14H,5-7,10-11H2,1-4H3. The molecule has 3 nitrogen and oxygen atoms in total. The number of ketones is 1. The average Bonchev–Trinajstić information content (AvgIpc) is 2.78. The lowest BCUT2D eigenvalue weighted by atomic mass is 10.00. The van der Waals surface area contributed by atoms with Crippen LogP contribution >= 0.6 is 0 Å². The van der Waals surface area contributed by atoms with Crippen molar-refractivity contribution in [3.63, 3.8) is 0 Å². The third kappa shape index (κ3) is 4.28. The Bertz CT molecular complexity index is 366. The highest BCUT2D eigenvalue weighted by molar-refractivity contribution is 5.80. The summed E-state index contributed by atoms with van der Waals surface area (Å²) in [6.07, 6.45) is 6.39. The van der Waals surface area contributed by atoms with Gasteiger partial charge in [0.2, 0.25) is 0 Å². The highest BCUT2D eigenvalue weighted by atomic mass is 16.1. The summed E-state index contributed by atoms with van der Waals surface area (Å²) in [5, 5.41) is 4.52. The van der Waals surface area contributed by atoms with Crippen molar-refractivity contribution in [2.45, 2.75) is 65.8 Å². The molecule has 1 aromatic rings.